The SMILES string of the molecule is CNC1CSc2ccc(OC)cc2C1O. The van der Waals surface area contributed by atoms with Gasteiger partial charge in [-0.25, -0.2) is 0 Å². The second-order valence-corrected chi connectivity index (χ2v) is 4.62. The molecule has 0 aromatic heterocycles. The molecule has 0 spiro atoms. The minimum absolute atomic E-state index is 0.120. The summed E-state index contributed by atoms with van der Waals surface area (Å²) in [7, 11) is 3.51. The third kappa shape index (κ3) is 1.97. The first kappa shape index (κ1) is 10.8. The molecule has 2 N–H and O–H groups in total. The van der Waals surface area contributed by atoms with Crippen molar-refractivity contribution >= 4 is 11.8 Å². The Hall–Kier alpha value is -0.710. The molecule has 0 bridgehead atoms. The first-order valence-corrected chi connectivity index (χ1v) is 5.91. The van der Waals surface area contributed by atoms with E-state index in [0.29, 0.717) is 0 Å². The van der Waals surface area contributed by atoms with Crippen LogP contribution in [0.5, 0.6) is 5.75 Å². The third-order valence-corrected chi connectivity index (χ3v) is 3.91. The summed E-state index contributed by atoms with van der Waals surface area (Å²) >= 11 is 1.77. The van der Waals surface area contributed by atoms with Gasteiger partial charge in [-0.2, -0.15) is 0 Å². The second kappa shape index (κ2) is 4.43. The van der Waals surface area contributed by atoms with E-state index in [1.165, 1.54) is 0 Å². The summed E-state index contributed by atoms with van der Waals surface area (Å²) in [5.41, 5.74) is 0.963. The predicted molar refractivity (Wildman–Crippen MR) is 61.5 cm³/mol. The lowest BCUT2D eigenvalue weighted by Gasteiger charge is -2.29. The monoisotopic (exact) mass is 225 g/mol. The van der Waals surface area contributed by atoms with Gasteiger partial charge in [-0.1, -0.05) is 0 Å². The minimum atomic E-state index is -0.443. The molecule has 1 aromatic rings. The molecule has 1 aliphatic rings. The molecule has 0 saturated heterocycles. The van der Waals surface area contributed by atoms with Gasteiger partial charge in [0.15, 0.2) is 0 Å². The summed E-state index contributed by atoms with van der Waals surface area (Å²) in [4.78, 5) is 1.15. The fourth-order valence-corrected chi connectivity index (χ4v) is 2.96. The van der Waals surface area contributed by atoms with Crippen molar-refractivity contribution in [1.29, 1.82) is 0 Å². The van der Waals surface area contributed by atoms with Gasteiger partial charge in [0, 0.05) is 16.7 Å². The largest absolute Gasteiger partial charge is 0.497 e. The molecule has 4 heteroatoms. The summed E-state index contributed by atoms with van der Waals surface area (Å²) in [6.45, 7) is 0. The van der Waals surface area contributed by atoms with Crippen LogP contribution in [-0.4, -0.2) is 31.1 Å². The Balaban J connectivity index is 2.35. The Labute approximate surface area is 93.8 Å². The number of aliphatic hydroxyl groups is 1. The molecule has 0 amide bonds. The second-order valence-electron chi connectivity index (χ2n) is 3.55. The zero-order chi connectivity index (χ0) is 10.8. The van der Waals surface area contributed by atoms with Gasteiger partial charge in [0.2, 0.25) is 0 Å². The van der Waals surface area contributed by atoms with Crippen molar-refractivity contribution < 1.29 is 9.84 Å². The minimum Gasteiger partial charge on any atom is -0.497 e. The maximum atomic E-state index is 10.1. The third-order valence-electron chi connectivity index (χ3n) is 2.71. The van der Waals surface area contributed by atoms with Gasteiger partial charge in [0.05, 0.1) is 13.2 Å². The molecule has 1 aromatic carbocycles. The van der Waals surface area contributed by atoms with Crippen molar-refractivity contribution in [3.63, 3.8) is 0 Å². The van der Waals surface area contributed by atoms with Crippen LogP contribution in [0.2, 0.25) is 0 Å². The van der Waals surface area contributed by atoms with Crippen molar-refractivity contribution in [3.05, 3.63) is 23.8 Å². The number of likely N-dealkylation sites (N-methyl/N-ethyl adjacent to an activating group) is 1. The Morgan fingerprint density at radius 3 is 3.00 bits per heavy atom. The van der Waals surface area contributed by atoms with E-state index in [9.17, 15) is 5.11 Å². The predicted octanol–water partition coefficient (Wildman–Crippen LogP) is 1.42. The van der Waals surface area contributed by atoms with E-state index in [0.717, 1.165) is 22.0 Å². The smallest absolute Gasteiger partial charge is 0.119 e. The molecule has 1 heterocycles. The van der Waals surface area contributed by atoms with Gasteiger partial charge < -0.3 is 15.2 Å². The molecule has 0 aliphatic carbocycles. The number of rotatable bonds is 2. The number of benzene rings is 1. The number of nitrogens with one attached hydrogen (secondary N) is 1. The highest BCUT2D eigenvalue weighted by Gasteiger charge is 2.27. The molecule has 0 radical (unpaired) electrons. The Kier molecular flexibility index (Phi) is 3.19. The van der Waals surface area contributed by atoms with Crippen LogP contribution < -0.4 is 10.1 Å². The van der Waals surface area contributed by atoms with Crippen LogP contribution in [-0.2, 0) is 0 Å². The fraction of sp³-hybridized carbons (Fsp3) is 0.455. The number of fused-ring (bicyclic) bond motifs is 1. The summed E-state index contributed by atoms with van der Waals surface area (Å²) in [6.07, 6.45) is -0.443. The molecule has 82 valence electrons. The summed E-state index contributed by atoms with van der Waals surface area (Å²) < 4.78 is 5.16. The quantitative estimate of drug-likeness (QED) is 0.799. The van der Waals surface area contributed by atoms with E-state index in [-0.39, 0.29) is 6.04 Å². The Morgan fingerprint density at radius 2 is 2.33 bits per heavy atom. The zero-order valence-electron chi connectivity index (χ0n) is 8.86. The zero-order valence-corrected chi connectivity index (χ0v) is 9.67. The number of aliphatic hydroxyl groups excluding tert-OH is 1. The number of thioether (sulfide) groups is 1. The van der Waals surface area contributed by atoms with Crippen LogP contribution in [0, 0.1) is 0 Å². The number of hydrogen-bond donors (Lipinski definition) is 2. The van der Waals surface area contributed by atoms with Crippen LogP contribution in [0.25, 0.3) is 0 Å². The van der Waals surface area contributed by atoms with Gasteiger partial charge >= 0.3 is 0 Å². The standard InChI is InChI=1S/C11H15NO2S/c1-12-9-6-15-10-4-3-7(14-2)5-8(10)11(9)13/h3-5,9,11-13H,6H2,1-2H3. The average molecular weight is 225 g/mol. The molecule has 2 rings (SSSR count). The van der Waals surface area contributed by atoms with Gasteiger partial charge in [-0.05, 0) is 30.8 Å². The van der Waals surface area contributed by atoms with Crippen molar-refractivity contribution in [1.82, 2.24) is 5.32 Å². The molecule has 0 fully saturated rings. The Morgan fingerprint density at radius 1 is 1.53 bits per heavy atom. The van der Waals surface area contributed by atoms with Crippen LogP contribution in [0.3, 0.4) is 0 Å². The highest BCUT2D eigenvalue weighted by atomic mass is 32.2. The van der Waals surface area contributed by atoms with Gasteiger partial charge in [0.25, 0.3) is 0 Å². The molecular weight excluding hydrogens is 210 g/mol. The van der Waals surface area contributed by atoms with E-state index in [1.54, 1.807) is 18.9 Å². The van der Waals surface area contributed by atoms with Crippen LogP contribution in [0.4, 0.5) is 0 Å². The topological polar surface area (TPSA) is 41.5 Å². The van der Waals surface area contributed by atoms with Crippen LogP contribution in [0.1, 0.15) is 11.7 Å². The van der Waals surface area contributed by atoms with Crippen LogP contribution >= 0.6 is 11.8 Å². The van der Waals surface area contributed by atoms with Crippen molar-refractivity contribution in [2.24, 2.45) is 0 Å². The van der Waals surface area contributed by atoms with E-state index in [4.69, 9.17) is 4.74 Å². The fourth-order valence-electron chi connectivity index (χ4n) is 1.74. The molecule has 0 saturated carbocycles. The summed E-state index contributed by atoms with van der Waals surface area (Å²) in [6, 6.07) is 5.97. The molecule has 2 atom stereocenters. The van der Waals surface area contributed by atoms with E-state index < -0.39 is 6.10 Å². The van der Waals surface area contributed by atoms with Gasteiger partial charge in [-0.3, -0.25) is 0 Å². The number of methoxy groups -OCH3 is 1. The summed E-state index contributed by atoms with van der Waals surface area (Å²) in [5.74, 6) is 1.70. The highest BCUT2D eigenvalue weighted by Crippen LogP contribution is 2.37. The molecular formula is C11H15NO2S. The summed E-state index contributed by atoms with van der Waals surface area (Å²) in [5, 5.41) is 13.2. The highest BCUT2D eigenvalue weighted by molar-refractivity contribution is 7.99. The van der Waals surface area contributed by atoms with Crippen molar-refractivity contribution in [2.45, 2.75) is 17.0 Å². The molecule has 3 nitrogen and oxygen atoms in total. The Bertz CT molecular complexity index is 356. The van der Waals surface area contributed by atoms with E-state index >= 15 is 0 Å². The lowest BCUT2D eigenvalue weighted by Crippen LogP contribution is -2.36. The molecule has 1 aliphatic heterocycles. The maximum Gasteiger partial charge on any atom is 0.119 e. The first-order chi connectivity index (χ1) is 7.26. The molecule has 15 heavy (non-hydrogen) atoms. The number of hydrogen-bond acceptors (Lipinski definition) is 4. The lowest BCUT2D eigenvalue weighted by molar-refractivity contribution is 0.136. The maximum absolute atomic E-state index is 10.1. The number of ether oxygens (including phenoxy) is 1. The average Bonchev–Trinajstić information content (AvgIpc) is 2.29. The lowest BCUT2D eigenvalue weighted by atomic mass is 10.0. The van der Waals surface area contributed by atoms with E-state index in [1.807, 2.05) is 25.2 Å². The van der Waals surface area contributed by atoms with E-state index in [2.05, 4.69) is 5.32 Å². The first-order valence-electron chi connectivity index (χ1n) is 4.92. The normalized spacial score (nSPS) is 24.7. The molecule has 2 unspecified atom stereocenters. The van der Waals surface area contributed by atoms with Gasteiger partial charge in [-0.15, -0.1) is 11.8 Å². The van der Waals surface area contributed by atoms with Crippen molar-refractivity contribution in [3.8, 4) is 5.75 Å². The van der Waals surface area contributed by atoms with Crippen molar-refractivity contribution in [2.75, 3.05) is 19.9 Å². The van der Waals surface area contributed by atoms with Crippen LogP contribution in [0.15, 0.2) is 23.1 Å². The van der Waals surface area contributed by atoms with Gasteiger partial charge in [0.1, 0.15) is 5.75 Å².